The van der Waals surface area contributed by atoms with Crippen LogP contribution in [0.4, 0.5) is 0 Å². The molecule has 0 bridgehead atoms. The molecule has 1 heterocycles. The van der Waals surface area contributed by atoms with Gasteiger partial charge in [0.05, 0.1) is 6.54 Å². The molecular weight excluding hydrogens is 288 g/mol. The van der Waals surface area contributed by atoms with Gasteiger partial charge >= 0.3 is 0 Å². The van der Waals surface area contributed by atoms with E-state index in [2.05, 4.69) is 34.5 Å². The van der Waals surface area contributed by atoms with Gasteiger partial charge in [-0.1, -0.05) is 38.0 Å². The number of oxazole rings is 1. The highest BCUT2D eigenvalue weighted by molar-refractivity contribution is 5.79. The molecule has 5 nitrogen and oxygen atoms in total. The minimum absolute atomic E-state index is 0.499. The Bertz CT molecular complexity index is 592. The van der Waals surface area contributed by atoms with Crippen LogP contribution in [0.1, 0.15) is 38.8 Å². The van der Waals surface area contributed by atoms with Crippen LogP contribution in [0.2, 0.25) is 0 Å². The van der Waals surface area contributed by atoms with Crippen LogP contribution >= 0.6 is 0 Å². The Morgan fingerprint density at radius 3 is 2.70 bits per heavy atom. The molecule has 2 N–H and O–H groups in total. The Balaban J connectivity index is 1.92. The van der Waals surface area contributed by atoms with Crippen molar-refractivity contribution >= 4 is 5.96 Å². The Labute approximate surface area is 138 Å². The minimum Gasteiger partial charge on any atom is -0.444 e. The molecule has 23 heavy (non-hydrogen) atoms. The summed E-state index contributed by atoms with van der Waals surface area (Å²) in [6, 6.07) is 9.89. The molecule has 124 valence electrons. The number of rotatable bonds is 8. The van der Waals surface area contributed by atoms with Gasteiger partial charge in [-0.3, -0.25) is 0 Å². The molecule has 2 aromatic rings. The van der Waals surface area contributed by atoms with Crippen LogP contribution in [-0.2, 0) is 6.54 Å². The lowest BCUT2D eigenvalue weighted by Gasteiger charge is -2.10. The first-order valence-electron chi connectivity index (χ1n) is 8.35. The van der Waals surface area contributed by atoms with Crippen LogP contribution < -0.4 is 10.6 Å². The van der Waals surface area contributed by atoms with Crippen LogP contribution in [0, 0.1) is 0 Å². The topological polar surface area (TPSA) is 62.5 Å². The van der Waals surface area contributed by atoms with Crippen LogP contribution in [0.5, 0.6) is 0 Å². The molecule has 0 aliphatic rings. The zero-order valence-corrected chi connectivity index (χ0v) is 14.0. The molecule has 1 aromatic heterocycles. The molecule has 0 aliphatic heterocycles. The Morgan fingerprint density at radius 2 is 1.96 bits per heavy atom. The molecule has 0 spiro atoms. The van der Waals surface area contributed by atoms with E-state index in [9.17, 15) is 0 Å². The summed E-state index contributed by atoms with van der Waals surface area (Å²) < 4.78 is 5.53. The highest BCUT2D eigenvalue weighted by Crippen LogP contribution is 2.18. The molecule has 5 heteroatoms. The van der Waals surface area contributed by atoms with Crippen LogP contribution in [0.3, 0.4) is 0 Å². The van der Waals surface area contributed by atoms with Gasteiger partial charge in [0, 0.05) is 18.7 Å². The summed E-state index contributed by atoms with van der Waals surface area (Å²) in [7, 11) is 0. The number of aromatic nitrogens is 1. The van der Waals surface area contributed by atoms with Gasteiger partial charge in [-0.2, -0.15) is 0 Å². The fourth-order valence-electron chi connectivity index (χ4n) is 2.18. The minimum atomic E-state index is 0.499. The maximum absolute atomic E-state index is 5.53. The van der Waals surface area contributed by atoms with Crippen molar-refractivity contribution in [3.8, 4) is 11.5 Å². The molecule has 0 saturated carbocycles. The number of aliphatic imine (C=N–C) groups is 1. The average molecular weight is 314 g/mol. The lowest BCUT2D eigenvalue weighted by Crippen LogP contribution is -2.37. The van der Waals surface area contributed by atoms with Crippen LogP contribution in [0.25, 0.3) is 11.5 Å². The maximum Gasteiger partial charge on any atom is 0.226 e. The Morgan fingerprint density at radius 1 is 1.13 bits per heavy atom. The molecular formula is C18H26N4O. The first kappa shape index (κ1) is 17.1. The molecule has 0 aliphatic carbocycles. The molecule has 0 radical (unpaired) electrons. The second-order valence-electron chi connectivity index (χ2n) is 5.34. The van der Waals surface area contributed by atoms with Crippen molar-refractivity contribution in [2.75, 3.05) is 13.1 Å². The van der Waals surface area contributed by atoms with E-state index in [1.807, 2.05) is 30.3 Å². The van der Waals surface area contributed by atoms with E-state index in [-0.39, 0.29) is 0 Å². The number of nitrogens with one attached hydrogen (secondary N) is 2. The van der Waals surface area contributed by atoms with Gasteiger partial charge in [0.15, 0.2) is 5.96 Å². The number of hydrogen-bond acceptors (Lipinski definition) is 3. The summed E-state index contributed by atoms with van der Waals surface area (Å²) in [4.78, 5) is 9.05. The standard InChI is InChI=1S/C18H26N4O/c1-3-5-9-12-20-18(19-4-2)21-13-16-14-23-17(22-16)15-10-7-6-8-11-15/h6-8,10-11,14H,3-5,9,12-13H2,1-2H3,(H2,19,20,21). The van der Waals surface area contributed by atoms with E-state index >= 15 is 0 Å². The van der Waals surface area contributed by atoms with E-state index in [0.717, 1.165) is 36.7 Å². The fraction of sp³-hybridized carbons (Fsp3) is 0.444. The second-order valence-corrected chi connectivity index (χ2v) is 5.34. The first-order valence-corrected chi connectivity index (χ1v) is 8.35. The van der Waals surface area contributed by atoms with Gasteiger partial charge in [-0.15, -0.1) is 0 Å². The average Bonchev–Trinajstić information content (AvgIpc) is 3.06. The van der Waals surface area contributed by atoms with Crippen LogP contribution in [0.15, 0.2) is 46.0 Å². The predicted molar refractivity (Wildman–Crippen MR) is 94.3 cm³/mol. The third kappa shape index (κ3) is 5.77. The monoisotopic (exact) mass is 314 g/mol. The van der Waals surface area contributed by atoms with Crippen molar-refractivity contribution in [3.05, 3.63) is 42.3 Å². The van der Waals surface area contributed by atoms with Crippen molar-refractivity contribution in [2.24, 2.45) is 4.99 Å². The maximum atomic E-state index is 5.53. The van der Waals surface area contributed by atoms with E-state index in [4.69, 9.17) is 4.42 Å². The van der Waals surface area contributed by atoms with E-state index in [1.54, 1.807) is 6.26 Å². The largest absolute Gasteiger partial charge is 0.444 e. The van der Waals surface area contributed by atoms with Crippen molar-refractivity contribution in [1.29, 1.82) is 0 Å². The molecule has 0 atom stereocenters. The summed E-state index contributed by atoms with van der Waals surface area (Å²) in [5.74, 6) is 1.46. The summed E-state index contributed by atoms with van der Waals surface area (Å²) in [6.07, 6.45) is 5.28. The zero-order valence-electron chi connectivity index (χ0n) is 14.0. The van der Waals surface area contributed by atoms with Crippen molar-refractivity contribution < 1.29 is 4.42 Å². The van der Waals surface area contributed by atoms with Gasteiger partial charge in [0.2, 0.25) is 5.89 Å². The third-order valence-corrected chi connectivity index (χ3v) is 3.39. The van der Waals surface area contributed by atoms with Gasteiger partial charge in [-0.05, 0) is 25.5 Å². The van der Waals surface area contributed by atoms with Gasteiger partial charge < -0.3 is 15.1 Å². The smallest absolute Gasteiger partial charge is 0.226 e. The molecule has 0 unspecified atom stereocenters. The SMILES string of the molecule is CCCCCNC(=NCc1coc(-c2ccccc2)n1)NCC. The summed E-state index contributed by atoms with van der Waals surface area (Å²) >= 11 is 0. The first-order chi connectivity index (χ1) is 11.3. The molecule has 0 fully saturated rings. The van der Waals surface area contributed by atoms with Crippen molar-refractivity contribution in [2.45, 2.75) is 39.7 Å². The van der Waals surface area contributed by atoms with Crippen LogP contribution in [-0.4, -0.2) is 24.0 Å². The Hall–Kier alpha value is -2.30. The zero-order chi connectivity index (χ0) is 16.3. The number of nitrogens with zero attached hydrogens (tertiary/aromatic N) is 2. The number of benzene rings is 1. The summed E-state index contributed by atoms with van der Waals surface area (Å²) in [6.45, 7) is 6.54. The summed E-state index contributed by atoms with van der Waals surface area (Å²) in [5.41, 5.74) is 1.81. The molecule has 1 aromatic carbocycles. The predicted octanol–water partition coefficient (Wildman–Crippen LogP) is 3.59. The molecule has 2 rings (SSSR count). The van der Waals surface area contributed by atoms with E-state index in [1.165, 1.54) is 12.8 Å². The summed E-state index contributed by atoms with van der Waals surface area (Å²) in [5, 5.41) is 6.59. The lowest BCUT2D eigenvalue weighted by atomic mass is 10.2. The molecule has 0 saturated heterocycles. The fourth-order valence-corrected chi connectivity index (χ4v) is 2.18. The second kappa shape index (κ2) is 9.66. The number of guanidine groups is 1. The van der Waals surface area contributed by atoms with Crippen molar-refractivity contribution in [1.82, 2.24) is 15.6 Å². The quantitative estimate of drug-likeness (QED) is 0.444. The molecule has 0 amide bonds. The normalized spacial score (nSPS) is 11.5. The van der Waals surface area contributed by atoms with Crippen molar-refractivity contribution in [3.63, 3.8) is 0 Å². The van der Waals surface area contributed by atoms with E-state index in [0.29, 0.717) is 12.4 Å². The van der Waals surface area contributed by atoms with E-state index < -0.39 is 0 Å². The van der Waals surface area contributed by atoms with Gasteiger partial charge in [-0.25, -0.2) is 9.98 Å². The third-order valence-electron chi connectivity index (χ3n) is 3.39. The van der Waals surface area contributed by atoms with Gasteiger partial charge in [0.1, 0.15) is 12.0 Å². The number of unbranched alkanes of at least 4 members (excludes halogenated alkanes) is 2. The number of hydrogen-bond donors (Lipinski definition) is 2. The van der Waals surface area contributed by atoms with Gasteiger partial charge in [0.25, 0.3) is 0 Å². The highest BCUT2D eigenvalue weighted by Gasteiger charge is 2.06. The highest BCUT2D eigenvalue weighted by atomic mass is 16.3. The lowest BCUT2D eigenvalue weighted by molar-refractivity contribution is 0.572. The Kier molecular flexibility index (Phi) is 7.17.